The van der Waals surface area contributed by atoms with E-state index in [9.17, 15) is 13.4 Å². The summed E-state index contributed by atoms with van der Waals surface area (Å²) in [4.78, 5) is 21.5. The minimum Gasteiger partial charge on any atom is -0.494 e. The number of nitrogens with zero attached hydrogens (tertiary/aromatic N) is 4. The predicted molar refractivity (Wildman–Crippen MR) is 123 cm³/mol. The largest absolute Gasteiger partial charge is 0.494 e. The Kier molecular flexibility index (Phi) is 5.57. The summed E-state index contributed by atoms with van der Waals surface area (Å²) in [6, 6.07) is 7.12. The highest BCUT2D eigenvalue weighted by Gasteiger charge is 2.43. The molecule has 2 aliphatic carbocycles. The molecule has 0 spiro atoms. The Labute approximate surface area is 192 Å². The van der Waals surface area contributed by atoms with Crippen LogP contribution in [0.2, 0.25) is 0 Å². The predicted octanol–water partition coefficient (Wildman–Crippen LogP) is 3.41. The second-order valence-electron chi connectivity index (χ2n) is 8.20. The van der Waals surface area contributed by atoms with Crippen molar-refractivity contribution in [2.24, 2.45) is 13.0 Å². The van der Waals surface area contributed by atoms with E-state index in [1.54, 1.807) is 31.2 Å². The number of ketones is 1. The van der Waals surface area contributed by atoms with Crippen molar-refractivity contribution in [2.45, 2.75) is 30.7 Å². The fraction of sp³-hybridized carbons (Fsp3) is 0.364. The van der Waals surface area contributed by atoms with Gasteiger partial charge in [0.05, 0.1) is 34.9 Å². The van der Waals surface area contributed by atoms with Crippen molar-refractivity contribution in [1.29, 1.82) is 0 Å². The highest BCUT2D eigenvalue weighted by molar-refractivity contribution is 7.87. The maximum atomic E-state index is 13.3. The lowest BCUT2D eigenvalue weighted by Crippen LogP contribution is -2.14. The van der Waals surface area contributed by atoms with Crippen molar-refractivity contribution in [1.82, 2.24) is 19.7 Å². The molecule has 2 saturated carbocycles. The molecule has 2 aromatic heterocycles. The van der Waals surface area contributed by atoms with Crippen LogP contribution in [0, 0.1) is 5.92 Å². The minimum absolute atomic E-state index is 0.00482. The monoisotopic (exact) mass is 470 g/mol. The van der Waals surface area contributed by atoms with Crippen molar-refractivity contribution in [3.05, 3.63) is 42.4 Å². The highest BCUT2D eigenvalue weighted by atomic mass is 32.2. The van der Waals surface area contributed by atoms with Crippen LogP contribution in [0.15, 0.2) is 36.8 Å². The Hall–Kier alpha value is -3.34. The number of para-hydroxylation sites is 1. The number of anilines is 3. The van der Waals surface area contributed by atoms with Gasteiger partial charge in [-0.3, -0.25) is 14.2 Å². The number of nitrogens with one attached hydrogen (secondary N) is 2. The standard InChI is InChI=1S/C22H23FN6O3S/c1-29-11-25-22(27-29)13-4-3-5-16(21(13)32-2)26-17-9-19(28-33(31)18-8-15(18)23)24-10-14(17)20(30)12-6-7-12/h3-5,9-12,15,18H,6-8H2,1-2H3,(H2,24,26,28). The molecule has 0 saturated heterocycles. The molecule has 0 amide bonds. The number of halogens is 1. The van der Waals surface area contributed by atoms with E-state index < -0.39 is 22.4 Å². The first kappa shape index (κ1) is 21.5. The van der Waals surface area contributed by atoms with Gasteiger partial charge in [0.15, 0.2) is 17.4 Å². The maximum Gasteiger partial charge on any atom is 0.184 e. The van der Waals surface area contributed by atoms with Gasteiger partial charge in [-0.2, -0.15) is 5.10 Å². The van der Waals surface area contributed by atoms with Gasteiger partial charge in [-0.05, 0) is 31.4 Å². The topological polar surface area (TPSA) is 111 Å². The molecule has 2 fully saturated rings. The Bertz CT molecular complexity index is 1240. The summed E-state index contributed by atoms with van der Waals surface area (Å²) in [7, 11) is 1.75. The van der Waals surface area contributed by atoms with Crippen LogP contribution in [-0.2, 0) is 18.0 Å². The molecule has 0 bridgehead atoms. The van der Waals surface area contributed by atoms with Crippen LogP contribution in [0.4, 0.5) is 21.6 Å². The third-order valence-corrected chi connectivity index (χ3v) is 7.03. The van der Waals surface area contributed by atoms with E-state index in [0.717, 1.165) is 12.8 Å². The Balaban J connectivity index is 1.50. The number of hydrogen-bond acceptors (Lipinski definition) is 7. The van der Waals surface area contributed by atoms with Gasteiger partial charge < -0.3 is 10.1 Å². The SMILES string of the molecule is COc1c(Nc2cc(NS(=O)C3CC3F)ncc2C(=O)C2CC2)cccc1-c1ncn(C)n1. The number of rotatable bonds is 9. The van der Waals surface area contributed by atoms with Crippen molar-refractivity contribution < 1.29 is 18.1 Å². The second kappa shape index (κ2) is 8.54. The van der Waals surface area contributed by atoms with Gasteiger partial charge in [-0.1, -0.05) is 6.07 Å². The number of alkyl halides is 1. The Morgan fingerprint density at radius 1 is 1.27 bits per heavy atom. The minimum atomic E-state index is -1.59. The summed E-state index contributed by atoms with van der Waals surface area (Å²) in [5.41, 5.74) is 2.23. The first-order valence-electron chi connectivity index (χ1n) is 10.6. The van der Waals surface area contributed by atoms with Gasteiger partial charge in [0.25, 0.3) is 0 Å². The molecule has 0 aliphatic heterocycles. The number of aromatic nitrogens is 4. The molecule has 9 nitrogen and oxygen atoms in total. The number of benzene rings is 1. The molecule has 11 heteroatoms. The van der Waals surface area contributed by atoms with Crippen LogP contribution in [0.3, 0.4) is 0 Å². The second-order valence-corrected chi connectivity index (χ2v) is 9.60. The molecule has 0 radical (unpaired) electrons. The van der Waals surface area contributed by atoms with Crippen LogP contribution in [0.25, 0.3) is 11.4 Å². The molecule has 3 unspecified atom stereocenters. The van der Waals surface area contributed by atoms with Gasteiger partial charge >= 0.3 is 0 Å². The number of carbonyl (C=O) groups excluding carboxylic acids is 1. The molecule has 5 rings (SSSR count). The average Bonchev–Trinajstić information content (AvgIpc) is 3.72. The van der Waals surface area contributed by atoms with Gasteiger partial charge in [0.1, 0.15) is 29.3 Å². The number of Topliss-reactive ketones (excluding diaryl/α,β-unsaturated/α-hetero) is 1. The summed E-state index contributed by atoms with van der Waals surface area (Å²) >= 11 is 0. The number of methoxy groups -OCH3 is 1. The van der Waals surface area contributed by atoms with Crippen molar-refractivity contribution >= 4 is 34.0 Å². The molecular weight excluding hydrogens is 447 g/mol. The van der Waals surface area contributed by atoms with Crippen molar-refractivity contribution in [2.75, 3.05) is 17.1 Å². The van der Waals surface area contributed by atoms with E-state index >= 15 is 0 Å². The van der Waals surface area contributed by atoms with Crippen molar-refractivity contribution in [3.8, 4) is 17.1 Å². The first-order valence-corrected chi connectivity index (χ1v) is 11.8. The smallest absolute Gasteiger partial charge is 0.184 e. The van der Waals surface area contributed by atoms with Crippen LogP contribution < -0.4 is 14.8 Å². The van der Waals surface area contributed by atoms with E-state index in [4.69, 9.17) is 4.74 Å². The average molecular weight is 471 g/mol. The molecule has 3 atom stereocenters. The molecule has 172 valence electrons. The number of ether oxygens (including phenoxy) is 1. The van der Waals surface area contributed by atoms with E-state index in [1.165, 1.54) is 6.20 Å². The zero-order valence-electron chi connectivity index (χ0n) is 18.1. The molecule has 2 aliphatic rings. The number of hydrogen-bond donors (Lipinski definition) is 2. The van der Waals surface area contributed by atoms with Crippen LogP contribution in [0.1, 0.15) is 29.6 Å². The Morgan fingerprint density at radius 2 is 2.06 bits per heavy atom. The fourth-order valence-corrected chi connectivity index (χ4v) is 4.66. The van der Waals surface area contributed by atoms with E-state index in [1.807, 2.05) is 18.2 Å². The van der Waals surface area contributed by atoms with Crippen LogP contribution in [0.5, 0.6) is 5.75 Å². The molecule has 33 heavy (non-hydrogen) atoms. The maximum absolute atomic E-state index is 13.3. The van der Waals surface area contributed by atoms with Gasteiger partial charge in [-0.25, -0.2) is 18.6 Å². The lowest BCUT2D eigenvalue weighted by atomic mass is 10.1. The Morgan fingerprint density at radius 3 is 2.70 bits per heavy atom. The van der Waals surface area contributed by atoms with Crippen molar-refractivity contribution in [3.63, 3.8) is 0 Å². The van der Waals surface area contributed by atoms with E-state index in [-0.39, 0.29) is 18.1 Å². The summed E-state index contributed by atoms with van der Waals surface area (Å²) in [6.45, 7) is 0. The van der Waals surface area contributed by atoms with Crippen LogP contribution >= 0.6 is 0 Å². The van der Waals surface area contributed by atoms with Gasteiger partial charge in [0, 0.05) is 25.2 Å². The van der Waals surface area contributed by atoms with E-state index in [2.05, 4.69) is 25.1 Å². The fourth-order valence-electron chi connectivity index (χ4n) is 3.56. The number of carbonyl (C=O) groups is 1. The van der Waals surface area contributed by atoms with E-state index in [0.29, 0.717) is 39.9 Å². The molecule has 3 aromatic rings. The highest BCUT2D eigenvalue weighted by Crippen LogP contribution is 2.40. The quantitative estimate of drug-likeness (QED) is 0.461. The normalized spacial score (nSPS) is 20.2. The van der Waals surface area contributed by atoms with Gasteiger partial charge in [0.2, 0.25) is 0 Å². The summed E-state index contributed by atoms with van der Waals surface area (Å²) in [6.07, 6.45) is 3.99. The first-order chi connectivity index (χ1) is 15.9. The number of aryl methyl sites for hydroxylation is 1. The molecule has 1 aromatic carbocycles. The molecule has 2 heterocycles. The third kappa shape index (κ3) is 4.45. The van der Waals surface area contributed by atoms with Gasteiger partial charge in [-0.15, -0.1) is 0 Å². The zero-order chi connectivity index (χ0) is 23.1. The summed E-state index contributed by atoms with van der Waals surface area (Å²) < 4.78 is 35.6. The lowest BCUT2D eigenvalue weighted by Gasteiger charge is -2.17. The third-order valence-electron chi connectivity index (χ3n) is 5.58. The molecular formula is C22H23FN6O3S. The summed E-state index contributed by atoms with van der Waals surface area (Å²) in [5.74, 6) is 1.31. The lowest BCUT2D eigenvalue weighted by molar-refractivity contribution is 0.0968. The number of pyridine rings is 1. The van der Waals surface area contributed by atoms with Crippen LogP contribution in [-0.4, -0.2) is 48.3 Å². The summed E-state index contributed by atoms with van der Waals surface area (Å²) in [5, 5.41) is 7.10. The zero-order valence-corrected chi connectivity index (χ0v) is 18.9. The molecule has 2 N–H and O–H groups in total.